The molecule has 90 valence electrons. The maximum Gasteiger partial charge on any atom is 0.315 e. The van der Waals surface area contributed by atoms with Crippen LogP contribution in [0.25, 0.3) is 0 Å². The molecule has 2 fully saturated rings. The van der Waals surface area contributed by atoms with E-state index in [2.05, 4.69) is 10.6 Å². The highest BCUT2D eigenvalue weighted by molar-refractivity contribution is 5.77. The molecule has 6 heteroatoms. The predicted molar refractivity (Wildman–Crippen MR) is 55.1 cm³/mol. The van der Waals surface area contributed by atoms with Crippen LogP contribution in [0.1, 0.15) is 26.2 Å². The molecule has 16 heavy (non-hydrogen) atoms. The summed E-state index contributed by atoms with van der Waals surface area (Å²) in [4.78, 5) is 21.4. The summed E-state index contributed by atoms with van der Waals surface area (Å²) < 4.78 is 5.37. The van der Waals surface area contributed by atoms with Crippen LogP contribution in [0.2, 0.25) is 0 Å². The number of urea groups is 1. The highest BCUT2D eigenvalue weighted by Crippen LogP contribution is 2.31. The molecule has 2 aliphatic rings. The van der Waals surface area contributed by atoms with Gasteiger partial charge in [0, 0.05) is 12.5 Å². The quantitative estimate of drug-likeness (QED) is 0.581. The van der Waals surface area contributed by atoms with Crippen molar-refractivity contribution < 1.29 is 19.4 Å². The van der Waals surface area contributed by atoms with Crippen molar-refractivity contribution in [2.75, 3.05) is 0 Å². The van der Waals surface area contributed by atoms with Gasteiger partial charge >= 0.3 is 12.0 Å². The number of rotatable bonds is 5. The summed E-state index contributed by atoms with van der Waals surface area (Å²) in [6, 6.07) is 0.0596. The van der Waals surface area contributed by atoms with Crippen LogP contribution in [-0.4, -0.2) is 41.4 Å². The van der Waals surface area contributed by atoms with Gasteiger partial charge in [-0.05, 0) is 19.8 Å². The lowest BCUT2D eigenvalue weighted by Crippen LogP contribution is -2.32. The van der Waals surface area contributed by atoms with Crippen molar-refractivity contribution in [3.05, 3.63) is 0 Å². The molecule has 0 aromatic rings. The molecule has 3 N–H and O–H groups in total. The lowest BCUT2D eigenvalue weighted by atomic mass is 10.0. The third-order valence-electron chi connectivity index (χ3n) is 3.10. The van der Waals surface area contributed by atoms with Gasteiger partial charge in [0.15, 0.2) is 0 Å². The zero-order chi connectivity index (χ0) is 11.7. The summed E-state index contributed by atoms with van der Waals surface area (Å²) in [7, 11) is 0. The summed E-state index contributed by atoms with van der Waals surface area (Å²) in [5.74, 6) is -0.793. The average molecular weight is 228 g/mol. The second-order valence-electron chi connectivity index (χ2n) is 4.39. The summed E-state index contributed by atoms with van der Waals surface area (Å²) >= 11 is 0. The Morgan fingerprint density at radius 3 is 2.75 bits per heavy atom. The van der Waals surface area contributed by atoms with Crippen molar-refractivity contribution in [3.63, 3.8) is 0 Å². The predicted octanol–water partition coefficient (Wildman–Crippen LogP) is 0.0786. The molecule has 0 saturated carbocycles. The van der Waals surface area contributed by atoms with E-state index in [9.17, 15) is 9.59 Å². The van der Waals surface area contributed by atoms with E-state index in [1.54, 1.807) is 0 Å². The molecule has 2 aliphatic heterocycles. The second-order valence-corrected chi connectivity index (χ2v) is 4.39. The number of carbonyl (C=O) groups excluding carboxylic acids is 1. The first-order chi connectivity index (χ1) is 7.56. The standard InChI is InChI=1S/C10H16N2O4/c1-5-6(12-10(15)11-5)4-8-7(16-8)2-3-9(13)14/h5-8H,2-4H2,1H3,(H,13,14)(H2,11,12,15)/t5-,6+,7-,8+/m0/s1. The van der Waals surface area contributed by atoms with Gasteiger partial charge in [0.05, 0.1) is 18.2 Å². The van der Waals surface area contributed by atoms with E-state index < -0.39 is 5.97 Å². The Hall–Kier alpha value is -1.30. The number of epoxide rings is 1. The fourth-order valence-electron chi connectivity index (χ4n) is 2.06. The third kappa shape index (κ3) is 2.63. The number of hydrogen-bond acceptors (Lipinski definition) is 3. The van der Waals surface area contributed by atoms with Crippen molar-refractivity contribution in [2.45, 2.75) is 50.5 Å². The summed E-state index contributed by atoms with van der Waals surface area (Å²) in [5, 5.41) is 14.1. The molecular weight excluding hydrogens is 212 g/mol. The smallest absolute Gasteiger partial charge is 0.315 e. The number of amides is 2. The molecular formula is C10H16N2O4. The van der Waals surface area contributed by atoms with Crippen LogP contribution in [-0.2, 0) is 9.53 Å². The first-order valence-electron chi connectivity index (χ1n) is 5.50. The Kier molecular flexibility index (Phi) is 3.00. The van der Waals surface area contributed by atoms with Crippen molar-refractivity contribution in [3.8, 4) is 0 Å². The zero-order valence-electron chi connectivity index (χ0n) is 9.10. The van der Waals surface area contributed by atoms with E-state index in [-0.39, 0.29) is 36.7 Å². The number of nitrogens with one attached hydrogen (secondary N) is 2. The van der Waals surface area contributed by atoms with Crippen molar-refractivity contribution in [2.24, 2.45) is 0 Å². The molecule has 0 aromatic carbocycles. The first kappa shape index (κ1) is 11.2. The van der Waals surface area contributed by atoms with Crippen molar-refractivity contribution in [1.29, 1.82) is 0 Å². The van der Waals surface area contributed by atoms with Gasteiger partial charge in [0.1, 0.15) is 0 Å². The highest BCUT2D eigenvalue weighted by Gasteiger charge is 2.42. The van der Waals surface area contributed by atoms with Gasteiger partial charge in [-0.3, -0.25) is 4.79 Å². The van der Waals surface area contributed by atoms with E-state index >= 15 is 0 Å². The van der Waals surface area contributed by atoms with E-state index in [4.69, 9.17) is 9.84 Å². The molecule has 6 nitrogen and oxygen atoms in total. The number of carboxylic acid groups (broad SMARTS) is 1. The number of carboxylic acids is 1. The molecule has 0 unspecified atom stereocenters. The van der Waals surface area contributed by atoms with Crippen LogP contribution >= 0.6 is 0 Å². The first-order valence-corrected chi connectivity index (χ1v) is 5.50. The molecule has 0 radical (unpaired) electrons. The van der Waals surface area contributed by atoms with Crippen LogP contribution in [0.5, 0.6) is 0 Å². The van der Waals surface area contributed by atoms with Crippen LogP contribution in [0.3, 0.4) is 0 Å². The maximum atomic E-state index is 11.0. The molecule has 0 spiro atoms. The molecule has 2 amide bonds. The minimum Gasteiger partial charge on any atom is -0.481 e. The number of hydrogen-bond donors (Lipinski definition) is 3. The molecule has 2 saturated heterocycles. The largest absolute Gasteiger partial charge is 0.481 e. The van der Waals surface area contributed by atoms with Crippen LogP contribution in [0, 0.1) is 0 Å². The van der Waals surface area contributed by atoms with Crippen molar-refractivity contribution in [1.82, 2.24) is 10.6 Å². The highest BCUT2D eigenvalue weighted by atomic mass is 16.6. The fourth-order valence-corrected chi connectivity index (χ4v) is 2.06. The van der Waals surface area contributed by atoms with Gasteiger partial charge in [-0.15, -0.1) is 0 Å². The summed E-state index contributed by atoms with van der Waals surface area (Å²) in [6.45, 7) is 1.94. The Morgan fingerprint density at radius 1 is 1.44 bits per heavy atom. The van der Waals surface area contributed by atoms with Gasteiger partial charge in [0.2, 0.25) is 0 Å². The summed E-state index contributed by atoms with van der Waals surface area (Å²) in [5.41, 5.74) is 0. The number of ether oxygens (including phenoxy) is 1. The Labute approximate surface area is 93.3 Å². The monoisotopic (exact) mass is 228 g/mol. The molecule has 2 rings (SSSR count). The van der Waals surface area contributed by atoms with Crippen LogP contribution in [0.4, 0.5) is 4.79 Å². The Balaban J connectivity index is 1.69. The zero-order valence-corrected chi connectivity index (χ0v) is 9.10. The topological polar surface area (TPSA) is 91.0 Å². The normalized spacial score (nSPS) is 36.7. The Morgan fingerprint density at radius 2 is 2.19 bits per heavy atom. The molecule has 4 atom stereocenters. The van der Waals surface area contributed by atoms with Gasteiger partial charge in [0.25, 0.3) is 0 Å². The van der Waals surface area contributed by atoms with Gasteiger partial charge < -0.3 is 20.5 Å². The molecule has 0 aliphatic carbocycles. The molecule has 0 bridgehead atoms. The minimum atomic E-state index is -0.793. The Bertz CT molecular complexity index is 307. The number of aliphatic carboxylic acids is 1. The number of carbonyl (C=O) groups is 2. The van der Waals surface area contributed by atoms with Crippen molar-refractivity contribution >= 4 is 12.0 Å². The molecule has 0 aromatic heterocycles. The summed E-state index contributed by atoms with van der Waals surface area (Å²) in [6.07, 6.45) is 1.62. The molecule has 2 heterocycles. The van der Waals surface area contributed by atoms with Crippen LogP contribution in [0.15, 0.2) is 0 Å². The van der Waals surface area contributed by atoms with E-state index in [1.807, 2.05) is 6.92 Å². The van der Waals surface area contributed by atoms with Gasteiger partial charge in [-0.2, -0.15) is 0 Å². The van der Waals surface area contributed by atoms with Crippen LogP contribution < -0.4 is 10.6 Å². The maximum absolute atomic E-state index is 11.0. The fraction of sp³-hybridized carbons (Fsp3) is 0.800. The van der Waals surface area contributed by atoms with Gasteiger partial charge in [-0.25, -0.2) is 4.79 Å². The SMILES string of the molecule is C[C@@H]1NC(=O)N[C@@H]1C[C@H]1O[C@H]1CCC(=O)O. The van der Waals surface area contributed by atoms with E-state index in [0.717, 1.165) is 6.42 Å². The van der Waals surface area contributed by atoms with E-state index in [1.165, 1.54) is 0 Å². The minimum absolute atomic E-state index is 0.0563. The average Bonchev–Trinajstić information content (AvgIpc) is 2.84. The lowest BCUT2D eigenvalue weighted by molar-refractivity contribution is -0.137. The second kappa shape index (κ2) is 4.29. The van der Waals surface area contributed by atoms with Gasteiger partial charge in [-0.1, -0.05) is 0 Å². The lowest BCUT2D eigenvalue weighted by Gasteiger charge is -2.11. The third-order valence-corrected chi connectivity index (χ3v) is 3.10. The van der Waals surface area contributed by atoms with E-state index in [0.29, 0.717) is 6.42 Å².